The smallest absolute Gasteiger partial charge is 0.147 e. The molecule has 0 saturated heterocycles. The number of aliphatic hydroxyl groups is 1. The van der Waals surface area contributed by atoms with E-state index in [-0.39, 0.29) is 0 Å². The van der Waals surface area contributed by atoms with Crippen molar-refractivity contribution in [2.75, 3.05) is 0 Å². The summed E-state index contributed by atoms with van der Waals surface area (Å²) in [5, 5.41) is 11.8. The van der Waals surface area contributed by atoms with Crippen molar-refractivity contribution in [3.05, 3.63) is 45.0 Å². The molecule has 0 spiro atoms. The van der Waals surface area contributed by atoms with Gasteiger partial charge in [0.25, 0.3) is 0 Å². The maximum atomic E-state index is 9.84. The third-order valence-corrected chi connectivity index (χ3v) is 3.63. The first-order valence-electron chi connectivity index (χ1n) is 3.73. The highest BCUT2D eigenvalue weighted by atomic mass is 79.9. The summed E-state index contributed by atoms with van der Waals surface area (Å²) in [7, 11) is 0. The highest BCUT2D eigenvalue weighted by molar-refractivity contribution is 9.10. The van der Waals surface area contributed by atoms with Gasteiger partial charge in [0.05, 0.1) is 11.1 Å². The molecule has 0 fully saturated rings. The SMILES string of the molecule is OC(c1ccco1)c1sccc1Br. The van der Waals surface area contributed by atoms with Crippen LogP contribution in [0.25, 0.3) is 0 Å². The van der Waals surface area contributed by atoms with Gasteiger partial charge < -0.3 is 9.52 Å². The van der Waals surface area contributed by atoms with Gasteiger partial charge in [-0.3, -0.25) is 0 Å². The summed E-state index contributed by atoms with van der Waals surface area (Å²) in [5.74, 6) is 0.572. The van der Waals surface area contributed by atoms with Crippen LogP contribution in [0.1, 0.15) is 16.7 Å². The van der Waals surface area contributed by atoms with Gasteiger partial charge in [0, 0.05) is 4.47 Å². The Balaban J connectivity index is 2.33. The van der Waals surface area contributed by atoms with Crippen LogP contribution >= 0.6 is 27.3 Å². The first kappa shape index (κ1) is 8.99. The minimum Gasteiger partial charge on any atom is -0.466 e. The number of thiophene rings is 1. The number of furan rings is 1. The van der Waals surface area contributed by atoms with Crippen LogP contribution in [-0.2, 0) is 0 Å². The van der Waals surface area contributed by atoms with Crippen molar-refractivity contribution < 1.29 is 9.52 Å². The molecule has 68 valence electrons. The Morgan fingerprint density at radius 3 is 2.85 bits per heavy atom. The lowest BCUT2D eigenvalue weighted by atomic mass is 10.2. The number of hydrogen-bond acceptors (Lipinski definition) is 3. The van der Waals surface area contributed by atoms with Gasteiger partial charge in [-0.25, -0.2) is 0 Å². The molecule has 0 saturated carbocycles. The lowest BCUT2D eigenvalue weighted by molar-refractivity contribution is 0.192. The van der Waals surface area contributed by atoms with Gasteiger partial charge in [-0.05, 0) is 39.5 Å². The fourth-order valence-electron chi connectivity index (χ4n) is 1.08. The molecule has 1 N–H and O–H groups in total. The van der Waals surface area contributed by atoms with E-state index in [9.17, 15) is 5.11 Å². The number of rotatable bonds is 2. The van der Waals surface area contributed by atoms with Crippen LogP contribution in [0.15, 0.2) is 38.7 Å². The molecule has 2 rings (SSSR count). The zero-order valence-electron chi connectivity index (χ0n) is 6.61. The third-order valence-electron chi connectivity index (χ3n) is 1.71. The molecule has 2 aromatic heterocycles. The second-order valence-corrected chi connectivity index (χ2v) is 4.35. The van der Waals surface area contributed by atoms with E-state index in [0.717, 1.165) is 9.35 Å². The van der Waals surface area contributed by atoms with E-state index in [1.807, 2.05) is 11.4 Å². The quantitative estimate of drug-likeness (QED) is 0.898. The van der Waals surface area contributed by atoms with Crippen molar-refractivity contribution in [2.45, 2.75) is 6.10 Å². The van der Waals surface area contributed by atoms with Crippen LogP contribution in [0.5, 0.6) is 0 Å². The molecular formula is C9H7BrO2S. The highest BCUT2D eigenvalue weighted by Gasteiger charge is 2.16. The molecule has 0 aliphatic heterocycles. The average Bonchev–Trinajstić information content (AvgIpc) is 2.72. The summed E-state index contributed by atoms with van der Waals surface area (Å²) in [6.07, 6.45) is 0.893. The van der Waals surface area contributed by atoms with Gasteiger partial charge in [0.2, 0.25) is 0 Å². The predicted molar refractivity (Wildman–Crippen MR) is 54.8 cm³/mol. The largest absolute Gasteiger partial charge is 0.466 e. The monoisotopic (exact) mass is 258 g/mol. The second kappa shape index (κ2) is 3.65. The van der Waals surface area contributed by atoms with E-state index in [2.05, 4.69) is 15.9 Å². The van der Waals surface area contributed by atoms with Gasteiger partial charge in [0.15, 0.2) is 0 Å². The van der Waals surface area contributed by atoms with Crippen LogP contribution < -0.4 is 0 Å². The highest BCUT2D eigenvalue weighted by Crippen LogP contribution is 2.32. The van der Waals surface area contributed by atoms with Crippen molar-refractivity contribution >= 4 is 27.3 Å². The van der Waals surface area contributed by atoms with E-state index < -0.39 is 6.10 Å². The predicted octanol–water partition coefficient (Wildman–Crippen LogP) is 3.19. The fraction of sp³-hybridized carbons (Fsp3) is 0.111. The normalized spacial score (nSPS) is 13.1. The molecule has 1 atom stereocenters. The standard InChI is InChI=1S/C9H7BrO2S/c10-6-3-5-13-9(6)8(11)7-2-1-4-12-7/h1-5,8,11H. The number of hydrogen-bond donors (Lipinski definition) is 1. The van der Waals surface area contributed by atoms with Gasteiger partial charge in [-0.15, -0.1) is 11.3 Å². The average molecular weight is 259 g/mol. The van der Waals surface area contributed by atoms with E-state index in [1.54, 1.807) is 18.4 Å². The number of halogens is 1. The van der Waals surface area contributed by atoms with Crippen LogP contribution in [0.4, 0.5) is 0 Å². The fourth-order valence-corrected chi connectivity index (χ4v) is 2.66. The van der Waals surface area contributed by atoms with Gasteiger partial charge in [-0.2, -0.15) is 0 Å². The van der Waals surface area contributed by atoms with Crippen molar-refractivity contribution in [2.24, 2.45) is 0 Å². The summed E-state index contributed by atoms with van der Waals surface area (Å²) < 4.78 is 6.03. The maximum absolute atomic E-state index is 9.84. The Morgan fingerprint density at radius 2 is 2.31 bits per heavy atom. The lowest BCUT2D eigenvalue weighted by Crippen LogP contribution is -1.95. The molecule has 0 aromatic carbocycles. The van der Waals surface area contributed by atoms with E-state index in [1.165, 1.54) is 11.3 Å². The maximum Gasteiger partial charge on any atom is 0.147 e. The van der Waals surface area contributed by atoms with Crippen molar-refractivity contribution in [1.29, 1.82) is 0 Å². The molecule has 0 radical (unpaired) electrons. The Morgan fingerprint density at radius 1 is 1.46 bits per heavy atom. The molecule has 0 aliphatic carbocycles. The molecule has 0 amide bonds. The van der Waals surface area contributed by atoms with Crippen LogP contribution in [-0.4, -0.2) is 5.11 Å². The Hall–Kier alpha value is -0.580. The first-order valence-corrected chi connectivity index (χ1v) is 5.40. The van der Waals surface area contributed by atoms with Gasteiger partial charge in [0.1, 0.15) is 11.9 Å². The molecule has 1 unspecified atom stereocenters. The van der Waals surface area contributed by atoms with E-state index >= 15 is 0 Å². The van der Waals surface area contributed by atoms with Crippen molar-refractivity contribution in [3.63, 3.8) is 0 Å². The van der Waals surface area contributed by atoms with E-state index in [4.69, 9.17) is 4.42 Å². The Labute approximate surface area is 87.9 Å². The molecule has 2 aromatic rings. The zero-order chi connectivity index (χ0) is 9.26. The second-order valence-electron chi connectivity index (χ2n) is 2.55. The first-order chi connectivity index (χ1) is 6.29. The van der Waals surface area contributed by atoms with Crippen molar-refractivity contribution in [1.82, 2.24) is 0 Å². The third kappa shape index (κ3) is 1.70. The van der Waals surface area contributed by atoms with E-state index in [0.29, 0.717) is 5.76 Å². The van der Waals surface area contributed by atoms with Gasteiger partial charge >= 0.3 is 0 Å². The minimum atomic E-state index is -0.663. The zero-order valence-corrected chi connectivity index (χ0v) is 9.01. The summed E-state index contributed by atoms with van der Waals surface area (Å²) in [4.78, 5) is 0.870. The Kier molecular flexibility index (Phi) is 2.53. The topological polar surface area (TPSA) is 33.4 Å². The summed E-state index contributed by atoms with van der Waals surface area (Å²) in [5.41, 5.74) is 0. The summed E-state index contributed by atoms with van der Waals surface area (Å²) in [6, 6.07) is 5.43. The number of aliphatic hydroxyl groups excluding tert-OH is 1. The van der Waals surface area contributed by atoms with Crippen LogP contribution in [0.3, 0.4) is 0 Å². The lowest BCUT2D eigenvalue weighted by Gasteiger charge is -2.04. The van der Waals surface area contributed by atoms with Crippen LogP contribution in [0.2, 0.25) is 0 Å². The Bertz CT molecular complexity index is 380. The molecule has 13 heavy (non-hydrogen) atoms. The molecule has 4 heteroatoms. The molecule has 0 aliphatic rings. The van der Waals surface area contributed by atoms with Gasteiger partial charge in [-0.1, -0.05) is 0 Å². The minimum absolute atomic E-state index is 0.572. The molecule has 2 heterocycles. The molecular weight excluding hydrogens is 252 g/mol. The van der Waals surface area contributed by atoms with Crippen LogP contribution in [0, 0.1) is 0 Å². The summed E-state index contributed by atoms with van der Waals surface area (Å²) >= 11 is 4.86. The summed E-state index contributed by atoms with van der Waals surface area (Å²) in [6.45, 7) is 0. The molecule has 0 bridgehead atoms. The van der Waals surface area contributed by atoms with Crippen molar-refractivity contribution in [3.8, 4) is 0 Å². The molecule has 2 nitrogen and oxygen atoms in total.